The third-order valence-corrected chi connectivity index (χ3v) is 10.5. The molecule has 2 aliphatic heterocycles. The lowest BCUT2D eigenvalue weighted by atomic mass is 9.83. The first-order chi connectivity index (χ1) is 21.7. The van der Waals surface area contributed by atoms with Crippen LogP contribution in [0.2, 0.25) is 0 Å². The molecule has 0 aromatic heterocycles. The molecule has 6 nitrogen and oxygen atoms in total. The van der Waals surface area contributed by atoms with Crippen molar-refractivity contribution in [1.82, 2.24) is 9.80 Å². The molecule has 2 saturated carbocycles. The summed E-state index contributed by atoms with van der Waals surface area (Å²) in [7, 11) is 4.41. The molecule has 248 valence electrons. The number of amides is 1. The van der Waals surface area contributed by atoms with Crippen LogP contribution in [0.4, 0.5) is 11.4 Å². The fourth-order valence-corrected chi connectivity index (χ4v) is 7.05. The summed E-state index contributed by atoms with van der Waals surface area (Å²) in [5, 5.41) is 3.43. The summed E-state index contributed by atoms with van der Waals surface area (Å²) in [6, 6.07) is 16.9. The standard InChI is InChI=1S/C19H28N2O.C14H22N2.C5H7ClO/c1-15-7-3-4-11-18(15)21(19(22)17-9-5-10-17)14-16-8-6-12-20(2)13-16;1-12-6-3-4-8-14(12)15-10-13-7-5-9-16(2)11-13;6-5(7)4-2-1-3-4/h3-4,7,11,16-17H,5-6,8-10,12-14H2,1-2H3;3-4,6,8,13,15H,5,7,9-11H2,1-2H3;4H,1-3H2. The maximum atomic E-state index is 12.9. The SMILES string of the molecule is Cc1ccccc1N(CC1CCCN(C)C1)C(=O)C1CCC1.Cc1ccccc1NCC1CCCN(C)C1.O=C(Cl)C1CCC1. The molecule has 0 radical (unpaired) electrons. The van der Waals surface area contributed by atoms with Gasteiger partial charge in [-0.15, -0.1) is 0 Å². The van der Waals surface area contributed by atoms with E-state index in [0.29, 0.717) is 11.8 Å². The van der Waals surface area contributed by atoms with Crippen LogP contribution in [0.5, 0.6) is 0 Å². The van der Waals surface area contributed by atoms with Gasteiger partial charge in [0.25, 0.3) is 0 Å². The molecule has 4 aliphatic rings. The van der Waals surface area contributed by atoms with Crippen LogP contribution in [0.15, 0.2) is 48.5 Å². The lowest BCUT2D eigenvalue weighted by Gasteiger charge is -2.37. The minimum Gasteiger partial charge on any atom is -0.385 e. The molecule has 1 amide bonds. The molecule has 2 atom stereocenters. The van der Waals surface area contributed by atoms with Gasteiger partial charge in [-0.1, -0.05) is 49.2 Å². The fourth-order valence-electron chi connectivity index (χ4n) is 6.83. The number of aryl methyl sites for hydroxylation is 2. The number of halogens is 1. The second kappa shape index (κ2) is 18.1. The predicted octanol–water partition coefficient (Wildman–Crippen LogP) is 7.77. The summed E-state index contributed by atoms with van der Waals surface area (Å²) in [5.74, 6) is 2.23. The number of hydrogen-bond donors (Lipinski definition) is 1. The summed E-state index contributed by atoms with van der Waals surface area (Å²) in [5.41, 5.74) is 4.95. The maximum Gasteiger partial charge on any atom is 0.230 e. The highest BCUT2D eigenvalue weighted by molar-refractivity contribution is 6.64. The summed E-state index contributed by atoms with van der Waals surface area (Å²) in [6.45, 7) is 11.1. The molecule has 2 saturated heterocycles. The van der Waals surface area contributed by atoms with Crippen molar-refractivity contribution in [2.75, 3.05) is 63.6 Å². The summed E-state index contributed by atoms with van der Waals surface area (Å²) in [6.07, 6.45) is 11.8. The Hall–Kier alpha value is -2.41. The van der Waals surface area contributed by atoms with Crippen LogP contribution in [-0.2, 0) is 9.59 Å². The Morgan fingerprint density at radius 2 is 1.31 bits per heavy atom. The molecule has 2 aliphatic carbocycles. The Morgan fingerprint density at radius 3 is 1.82 bits per heavy atom. The summed E-state index contributed by atoms with van der Waals surface area (Å²) >= 11 is 5.14. The summed E-state index contributed by atoms with van der Waals surface area (Å²) in [4.78, 5) is 30.1. The number of nitrogens with one attached hydrogen (secondary N) is 1. The third kappa shape index (κ3) is 11.1. The number of piperidine rings is 2. The van der Waals surface area contributed by atoms with E-state index in [1.807, 2.05) is 0 Å². The minimum absolute atomic E-state index is 0.147. The highest BCUT2D eigenvalue weighted by Crippen LogP contribution is 2.32. The largest absolute Gasteiger partial charge is 0.385 e. The number of anilines is 2. The van der Waals surface area contributed by atoms with E-state index in [4.69, 9.17) is 11.6 Å². The highest BCUT2D eigenvalue weighted by atomic mass is 35.5. The van der Waals surface area contributed by atoms with Crippen LogP contribution in [0.3, 0.4) is 0 Å². The van der Waals surface area contributed by atoms with Gasteiger partial charge in [-0.3, -0.25) is 9.59 Å². The number of hydrogen-bond acceptors (Lipinski definition) is 5. The third-order valence-electron chi connectivity index (χ3n) is 10.2. The van der Waals surface area contributed by atoms with Gasteiger partial charge in [-0.05, 0) is 139 Å². The first-order valence-electron chi connectivity index (χ1n) is 17.4. The molecule has 0 bridgehead atoms. The Labute approximate surface area is 277 Å². The second-order valence-corrected chi connectivity index (χ2v) is 14.4. The molecule has 2 unspecified atom stereocenters. The average molecular weight is 637 g/mol. The van der Waals surface area contributed by atoms with Gasteiger partial charge in [0, 0.05) is 49.4 Å². The Bertz CT molecular complexity index is 1210. The van der Waals surface area contributed by atoms with Gasteiger partial charge in [0.05, 0.1) is 0 Å². The first kappa shape index (κ1) is 35.4. The predicted molar refractivity (Wildman–Crippen MR) is 189 cm³/mol. The topological polar surface area (TPSA) is 55.9 Å². The van der Waals surface area contributed by atoms with Gasteiger partial charge >= 0.3 is 0 Å². The highest BCUT2D eigenvalue weighted by Gasteiger charge is 2.32. The lowest BCUT2D eigenvalue weighted by molar-refractivity contribution is -0.125. The van der Waals surface area contributed by atoms with Gasteiger partial charge in [-0.2, -0.15) is 0 Å². The van der Waals surface area contributed by atoms with Gasteiger partial charge in [-0.25, -0.2) is 0 Å². The minimum atomic E-state index is -0.147. The molecule has 1 N–H and O–H groups in total. The number of benzene rings is 2. The molecule has 7 heteroatoms. The normalized spacial score (nSPS) is 22.4. The van der Waals surface area contributed by atoms with Crippen molar-refractivity contribution < 1.29 is 9.59 Å². The Balaban J connectivity index is 0.000000174. The van der Waals surface area contributed by atoms with Crippen LogP contribution in [-0.4, -0.2) is 74.3 Å². The van der Waals surface area contributed by atoms with Crippen molar-refractivity contribution in [3.8, 4) is 0 Å². The zero-order valence-electron chi connectivity index (χ0n) is 28.3. The second-order valence-electron chi connectivity index (χ2n) is 14.0. The zero-order chi connectivity index (χ0) is 32.2. The molecular formula is C38H57ClN4O2. The van der Waals surface area contributed by atoms with Crippen molar-refractivity contribution in [3.05, 3.63) is 59.7 Å². The quantitative estimate of drug-likeness (QED) is 0.300. The van der Waals surface area contributed by atoms with Crippen LogP contribution in [0.1, 0.15) is 75.3 Å². The smallest absolute Gasteiger partial charge is 0.230 e. The number of carbonyl (C=O) groups is 2. The van der Waals surface area contributed by atoms with E-state index in [-0.39, 0.29) is 17.1 Å². The molecule has 2 aromatic carbocycles. The van der Waals surface area contributed by atoms with E-state index in [1.165, 1.54) is 75.0 Å². The Kier molecular flexibility index (Phi) is 14.2. The monoisotopic (exact) mass is 636 g/mol. The number of nitrogens with zero attached hydrogens (tertiary/aromatic N) is 3. The molecule has 45 heavy (non-hydrogen) atoms. The van der Waals surface area contributed by atoms with E-state index < -0.39 is 0 Å². The van der Waals surface area contributed by atoms with E-state index >= 15 is 0 Å². The van der Waals surface area contributed by atoms with Crippen LogP contribution in [0, 0.1) is 37.5 Å². The van der Waals surface area contributed by atoms with E-state index in [9.17, 15) is 9.59 Å². The van der Waals surface area contributed by atoms with Gasteiger partial charge in [0.1, 0.15) is 0 Å². The van der Waals surface area contributed by atoms with Gasteiger partial charge < -0.3 is 20.0 Å². The first-order valence-corrected chi connectivity index (χ1v) is 17.8. The van der Waals surface area contributed by atoms with E-state index in [1.54, 1.807) is 0 Å². The zero-order valence-corrected chi connectivity index (χ0v) is 29.0. The van der Waals surface area contributed by atoms with Gasteiger partial charge in [0.2, 0.25) is 11.1 Å². The van der Waals surface area contributed by atoms with Crippen molar-refractivity contribution in [2.24, 2.45) is 23.7 Å². The van der Waals surface area contributed by atoms with Crippen LogP contribution >= 0.6 is 11.6 Å². The van der Waals surface area contributed by atoms with Crippen LogP contribution in [0.25, 0.3) is 0 Å². The molecule has 4 fully saturated rings. The van der Waals surface area contributed by atoms with Crippen molar-refractivity contribution in [2.45, 2.75) is 78.1 Å². The average Bonchev–Trinajstić information content (AvgIpc) is 2.95. The fraction of sp³-hybridized carbons (Fsp3) is 0.632. The van der Waals surface area contributed by atoms with Crippen LogP contribution < -0.4 is 10.2 Å². The molecular weight excluding hydrogens is 580 g/mol. The lowest BCUT2D eigenvalue weighted by Crippen LogP contribution is -2.45. The molecule has 2 aromatic rings. The van der Waals surface area contributed by atoms with E-state index in [2.05, 4.69) is 96.5 Å². The molecule has 6 rings (SSSR count). The van der Waals surface area contributed by atoms with Gasteiger partial charge in [0.15, 0.2) is 0 Å². The number of rotatable bonds is 8. The molecule has 0 spiro atoms. The van der Waals surface area contributed by atoms with E-state index in [0.717, 1.165) is 56.9 Å². The molecule has 2 heterocycles. The number of likely N-dealkylation sites (tertiary alicyclic amines) is 2. The summed E-state index contributed by atoms with van der Waals surface area (Å²) < 4.78 is 0. The van der Waals surface area contributed by atoms with Crippen molar-refractivity contribution in [1.29, 1.82) is 0 Å². The Morgan fingerprint density at radius 1 is 0.756 bits per heavy atom. The maximum absolute atomic E-state index is 12.9. The number of carbonyl (C=O) groups excluding carboxylic acids is 2. The van der Waals surface area contributed by atoms with Crippen molar-refractivity contribution >= 4 is 34.1 Å². The number of para-hydroxylation sites is 2. The van der Waals surface area contributed by atoms with Crippen molar-refractivity contribution in [3.63, 3.8) is 0 Å².